The molecule has 0 heterocycles. The van der Waals surface area contributed by atoms with Crippen molar-refractivity contribution >= 4 is 10.0 Å². The quantitative estimate of drug-likeness (QED) is 0.838. The van der Waals surface area contributed by atoms with Crippen LogP contribution in [0.25, 0.3) is 0 Å². The van der Waals surface area contributed by atoms with Crippen LogP contribution in [0, 0.1) is 0 Å². The normalized spacial score (nSPS) is 19.1. The Labute approximate surface area is 115 Å². The Morgan fingerprint density at radius 2 is 1.89 bits per heavy atom. The summed E-state index contributed by atoms with van der Waals surface area (Å²) in [5, 5.41) is 0. The van der Waals surface area contributed by atoms with Gasteiger partial charge in [-0.25, -0.2) is 13.1 Å². The molecule has 0 spiro atoms. The number of hydrogen-bond donors (Lipinski definition) is 2. The minimum Gasteiger partial charge on any atom is -0.327 e. The molecule has 0 amide bonds. The Balaban J connectivity index is 2.13. The molecule has 1 aliphatic carbocycles. The lowest BCUT2D eigenvalue weighted by Gasteiger charge is -2.19. The molecule has 2 atom stereocenters. The maximum atomic E-state index is 12.0. The summed E-state index contributed by atoms with van der Waals surface area (Å²) < 4.78 is 26.7. The monoisotopic (exact) mass is 282 g/mol. The predicted octanol–water partition coefficient (Wildman–Crippen LogP) is 1.97. The number of sulfonamides is 1. The zero-order valence-corrected chi connectivity index (χ0v) is 12.3. The van der Waals surface area contributed by atoms with Crippen molar-refractivity contribution in [2.75, 3.05) is 0 Å². The van der Waals surface area contributed by atoms with Crippen molar-refractivity contribution in [1.29, 1.82) is 0 Å². The highest BCUT2D eigenvalue weighted by atomic mass is 32.2. The van der Waals surface area contributed by atoms with Gasteiger partial charge in [-0.2, -0.15) is 0 Å². The summed E-state index contributed by atoms with van der Waals surface area (Å²) in [7, 11) is -3.35. The molecule has 106 valence electrons. The van der Waals surface area contributed by atoms with Crippen LogP contribution in [-0.4, -0.2) is 20.5 Å². The average molecular weight is 282 g/mol. The molecule has 5 heteroatoms. The molecular weight excluding hydrogens is 260 g/mol. The Kier molecular flexibility index (Phi) is 4.28. The first-order valence-electron chi connectivity index (χ1n) is 6.82. The highest BCUT2D eigenvalue weighted by Gasteiger charge is 2.28. The second-order valence-electron chi connectivity index (χ2n) is 5.33. The van der Waals surface area contributed by atoms with E-state index in [1.807, 2.05) is 12.1 Å². The van der Waals surface area contributed by atoms with Gasteiger partial charge in [0.05, 0.1) is 4.90 Å². The molecule has 2 rings (SSSR count). The summed E-state index contributed by atoms with van der Waals surface area (Å²) in [5.41, 5.74) is 7.10. The highest BCUT2D eigenvalue weighted by Crippen LogP contribution is 2.24. The third-order valence-corrected chi connectivity index (χ3v) is 5.27. The van der Waals surface area contributed by atoms with Crippen LogP contribution in [0.4, 0.5) is 0 Å². The summed E-state index contributed by atoms with van der Waals surface area (Å²) >= 11 is 0. The van der Waals surface area contributed by atoms with Crippen molar-refractivity contribution in [3.63, 3.8) is 0 Å². The Hall–Kier alpha value is -0.910. The van der Waals surface area contributed by atoms with Crippen LogP contribution < -0.4 is 10.5 Å². The van der Waals surface area contributed by atoms with Gasteiger partial charge in [0.2, 0.25) is 10.0 Å². The van der Waals surface area contributed by atoms with Crippen molar-refractivity contribution in [1.82, 2.24) is 4.72 Å². The van der Waals surface area contributed by atoms with E-state index in [9.17, 15) is 8.42 Å². The molecule has 1 fully saturated rings. The smallest absolute Gasteiger partial charge is 0.240 e. The lowest BCUT2D eigenvalue weighted by molar-refractivity contribution is 0.551. The fraction of sp³-hybridized carbons (Fsp3) is 0.571. The van der Waals surface area contributed by atoms with Crippen LogP contribution in [0.15, 0.2) is 29.2 Å². The van der Waals surface area contributed by atoms with Crippen molar-refractivity contribution in [3.8, 4) is 0 Å². The number of benzene rings is 1. The first-order valence-corrected chi connectivity index (χ1v) is 8.30. The van der Waals surface area contributed by atoms with Crippen LogP contribution in [-0.2, 0) is 10.0 Å². The third kappa shape index (κ3) is 3.55. The van der Waals surface area contributed by atoms with E-state index < -0.39 is 10.0 Å². The molecule has 1 aromatic rings. The Morgan fingerprint density at radius 3 is 2.37 bits per heavy atom. The summed E-state index contributed by atoms with van der Waals surface area (Å²) in [5.74, 6) is 0.234. The lowest BCUT2D eigenvalue weighted by atomic mass is 9.92. The molecule has 1 aliphatic rings. The molecule has 1 saturated carbocycles. The Morgan fingerprint density at radius 1 is 1.32 bits per heavy atom. The predicted molar refractivity (Wildman–Crippen MR) is 76.5 cm³/mol. The second-order valence-corrected chi connectivity index (χ2v) is 7.04. The molecular formula is C14H22N2O2S. The van der Waals surface area contributed by atoms with Gasteiger partial charge < -0.3 is 5.73 Å². The maximum absolute atomic E-state index is 12.0. The van der Waals surface area contributed by atoms with E-state index >= 15 is 0 Å². The SMILES string of the molecule is CCC(N)C(C)c1ccc(S(=O)(=O)NC2CC2)cc1. The van der Waals surface area contributed by atoms with Crippen LogP contribution in [0.5, 0.6) is 0 Å². The fourth-order valence-electron chi connectivity index (χ4n) is 2.04. The van der Waals surface area contributed by atoms with Gasteiger partial charge in [0.1, 0.15) is 0 Å². The van der Waals surface area contributed by atoms with Crippen LogP contribution >= 0.6 is 0 Å². The van der Waals surface area contributed by atoms with E-state index in [2.05, 4.69) is 18.6 Å². The summed E-state index contributed by atoms with van der Waals surface area (Å²) in [6.07, 6.45) is 2.80. The largest absolute Gasteiger partial charge is 0.327 e. The molecule has 0 saturated heterocycles. The van der Waals surface area contributed by atoms with Gasteiger partial charge in [0.25, 0.3) is 0 Å². The van der Waals surface area contributed by atoms with E-state index in [0.29, 0.717) is 4.90 Å². The van der Waals surface area contributed by atoms with E-state index in [-0.39, 0.29) is 18.0 Å². The number of nitrogens with one attached hydrogen (secondary N) is 1. The molecule has 4 nitrogen and oxygen atoms in total. The molecule has 0 aromatic heterocycles. The molecule has 0 radical (unpaired) electrons. The van der Waals surface area contributed by atoms with Gasteiger partial charge in [-0.3, -0.25) is 0 Å². The average Bonchev–Trinajstić information content (AvgIpc) is 3.20. The fourth-order valence-corrected chi connectivity index (χ4v) is 3.34. The van der Waals surface area contributed by atoms with Crippen LogP contribution in [0.1, 0.15) is 44.6 Å². The number of nitrogens with two attached hydrogens (primary N) is 1. The van der Waals surface area contributed by atoms with Crippen molar-refractivity contribution in [2.45, 2.75) is 56.0 Å². The van der Waals surface area contributed by atoms with Gasteiger partial charge in [0.15, 0.2) is 0 Å². The summed E-state index contributed by atoms with van der Waals surface area (Å²) in [6.45, 7) is 4.12. The minimum atomic E-state index is -3.35. The van der Waals surface area contributed by atoms with Crippen LogP contribution in [0.2, 0.25) is 0 Å². The van der Waals surface area contributed by atoms with Gasteiger partial charge in [-0.15, -0.1) is 0 Å². The maximum Gasteiger partial charge on any atom is 0.240 e. The summed E-state index contributed by atoms with van der Waals surface area (Å²) in [4.78, 5) is 0.334. The van der Waals surface area contributed by atoms with Crippen LogP contribution in [0.3, 0.4) is 0 Å². The van der Waals surface area contributed by atoms with Crippen molar-refractivity contribution in [2.24, 2.45) is 5.73 Å². The topological polar surface area (TPSA) is 72.2 Å². The molecule has 19 heavy (non-hydrogen) atoms. The lowest BCUT2D eigenvalue weighted by Crippen LogP contribution is -2.26. The van der Waals surface area contributed by atoms with Crippen molar-refractivity contribution < 1.29 is 8.42 Å². The van der Waals surface area contributed by atoms with Crippen molar-refractivity contribution in [3.05, 3.63) is 29.8 Å². The van der Waals surface area contributed by atoms with Gasteiger partial charge in [0, 0.05) is 12.1 Å². The molecule has 0 bridgehead atoms. The van der Waals surface area contributed by atoms with Gasteiger partial charge in [-0.05, 0) is 42.9 Å². The molecule has 3 N–H and O–H groups in total. The third-order valence-electron chi connectivity index (χ3n) is 3.73. The van der Waals surface area contributed by atoms with E-state index in [4.69, 9.17) is 5.73 Å². The zero-order valence-electron chi connectivity index (χ0n) is 11.5. The molecule has 2 unspecified atom stereocenters. The van der Waals surface area contributed by atoms with Gasteiger partial charge in [-0.1, -0.05) is 26.0 Å². The number of hydrogen-bond acceptors (Lipinski definition) is 3. The minimum absolute atomic E-state index is 0.104. The molecule has 0 aliphatic heterocycles. The number of rotatable bonds is 6. The molecule has 1 aromatic carbocycles. The zero-order chi connectivity index (χ0) is 14.0. The second kappa shape index (κ2) is 5.61. The standard InChI is InChI=1S/C14H22N2O2S/c1-3-14(15)10(2)11-4-8-13(9-5-11)19(17,18)16-12-6-7-12/h4-5,8-10,12,14,16H,3,6-7,15H2,1-2H3. The summed E-state index contributed by atoms with van der Waals surface area (Å²) in [6, 6.07) is 7.30. The van der Waals surface area contributed by atoms with Gasteiger partial charge >= 0.3 is 0 Å². The first-order chi connectivity index (χ1) is 8.94. The van der Waals surface area contributed by atoms with E-state index in [1.54, 1.807) is 12.1 Å². The highest BCUT2D eigenvalue weighted by molar-refractivity contribution is 7.89. The van der Waals surface area contributed by atoms with E-state index in [1.165, 1.54) is 0 Å². The Bertz CT molecular complexity index is 521. The van der Waals surface area contributed by atoms with E-state index in [0.717, 1.165) is 24.8 Å². The first kappa shape index (κ1) is 14.5.